The van der Waals surface area contributed by atoms with Crippen LogP contribution in [-0.2, 0) is 6.42 Å². The van der Waals surface area contributed by atoms with E-state index in [9.17, 15) is 5.11 Å². The number of hydrogen-bond acceptors (Lipinski definition) is 2. The molecule has 1 N–H and O–H groups in total. The van der Waals surface area contributed by atoms with Crippen molar-refractivity contribution in [2.24, 2.45) is 5.92 Å². The van der Waals surface area contributed by atoms with Crippen LogP contribution in [0.5, 0.6) is 0 Å². The number of nitrogens with zero attached hydrogens (tertiary/aromatic N) is 1. The van der Waals surface area contributed by atoms with Crippen molar-refractivity contribution in [3.63, 3.8) is 0 Å². The van der Waals surface area contributed by atoms with Crippen LogP contribution in [0.25, 0.3) is 0 Å². The monoisotopic (exact) mass is 245 g/mol. The van der Waals surface area contributed by atoms with Crippen molar-refractivity contribution in [3.8, 4) is 0 Å². The molecule has 2 aliphatic rings. The lowest BCUT2D eigenvalue weighted by Crippen LogP contribution is -2.35. The van der Waals surface area contributed by atoms with Crippen LogP contribution in [0.2, 0.25) is 0 Å². The van der Waals surface area contributed by atoms with Crippen molar-refractivity contribution in [2.75, 3.05) is 18.0 Å². The molecule has 0 aromatic heterocycles. The Hall–Kier alpha value is -1.02. The maximum absolute atomic E-state index is 9.58. The van der Waals surface area contributed by atoms with Gasteiger partial charge in [-0.1, -0.05) is 18.2 Å². The molecule has 0 atom stereocenters. The van der Waals surface area contributed by atoms with Gasteiger partial charge in [0.25, 0.3) is 0 Å². The highest BCUT2D eigenvalue weighted by atomic mass is 16.3. The number of aliphatic hydroxyl groups excluding tert-OH is 1. The van der Waals surface area contributed by atoms with Crippen molar-refractivity contribution >= 4 is 5.69 Å². The second-order valence-electron chi connectivity index (χ2n) is 5.85. The minimum absolute atomic E-state index is 0.0325. The van der Waals surface area contributed by atoms with Gasteiger partial charge in [0.1, 0.15) is 0 Å². The zero-order chi connectivity index (χ0) is 12.4. The summed E-state index contributed by atoms with van der Waals surface area (Å²) in [6, 6.07) is 8.85. The van der Waals surface area contributed by atoms with Gasteiger partial charge < -0.3 is 10.0 Å². The van der Waals surface area contributed by atoms with Gasteiger partial charge in [-0.3, -0.25) is 0 Å². The van der Waals surface area contributed by atoms with Crippen LogP contribution in [0.15, 0.2) is 24.3 Å². The Morgan fingerprint density at radius 2 is 1.89 bits per heavy atom. The van der Waals surface area contributed by atoms with Crippen LogP contribution >= 0.6 is 0 Å². The average Bonchev–Trinajstić information content (AvgIpc) is 2.42. The Kier molecular flexibility index (Phi) is 3.55. The average molecular weight is 245 g/mol. The Morgan fingerprint density at radius 1 is 1.11 bits per heavy atom. The predicted molar refractivity (Wildman–Crippen MR) is 74.9 cm³/mol. The third-order valence-electron chi connectivity index (χ3n) is 4.50. The molecule has 0 unspecified atom stereocenters. The molecule has 3 rings (SSSR count). The summed E-state index contributed by atoms with van der Waals surface area (Å²) >= 11 is 0. The molecule has 1 saturated carbocycles. The lowest BCUT2D eigenvalue weighted by atomic mass is 9.86. The molecular formula is C16H23NO. The number of aliphatic hydroxyl groups is 1. The summed E-state index contributed by atoms with van der Waals surface area (Å²) in [7, 11) is 0. The zero-order valence-electron chi connectivity index (χ0n) is 11.0. The molecule has 18 heavy (non-hydrogen) atoms. The largest absolute Gasteiger partial charge is 0.393 e. The van der Waals surface area contributed by atoms with Gasteiger partial charge in [-0.05, 0) is 56.1 Å². The number of anilines is 1. The minimum Gasteiger partial charge on any atom is -0.393 e. The lowest BCUT2D eigenvalue weighted by molar-refractivity contribution is 0.110. The second kappa shape index (κ2) is 5.31. The zero-order valence-corrected chi connectivity index (χ0v) is 11.0. The molecule has 98 valence electrons. The molecule has 1 fully saturated rings. The van der Waals surface area contributed by atoms with E-state index in [1.807, 2.05) is 0 Å². The van der Waals surface area contributed by atoms with Crippen molar-refractivity contribution in [2.45, 2.75) is 44.6 Å². The smallest absolute Gasteiger partial charge is 0.0540 e. The van der Waals surface area contributed by atoms with Gasteiger partial charge >= 0.3 is 0 Å². The topological polar surface area (TPSA) is 23.5 Å². The Morgan fingerprint density at radius 3 is 2.72 bits per heavy atom. The van der Waals surface area contributed by atoms with E-state index in [2.05, 4.69) is 29.2 Å². The van der Waals surface area contributed by atoms with E-state index in [0.29, 0.717) is 0 Å². The molecule has 0 radical (unpaired) electrons. The van der Waals surface area contributed by atoms with E-state index in [-0.39, 0.29) is 6.10 Å². The van der Waals surface area contributed by atoms with Gasteiger partial charge in [-0.2, -0.15) is 0 Å². The third kappa shape index (κ3) is 2.54. The molecule has 0 bridgehead atoms. The number of aryl methyl sites for hydroxylation is 1. The van der Waals surface area contributed by atoms with E-state index in [0.717, 1.165) is 18.8 Å². The number of hydrogen-bond donors (Lipinski definition) is 1. The van der Waals surface area contributed by atoms with E-state index in [1.54, 1.807) is 0 Å². The highest BCUT2D eigenvalue weighted by Gasteiger charge is 2.23. The standard InChI is InChI=1S/C16H23NO/c18-15-9-7-13(8-10-15)12-17-11-3-5-14-4-1-2-6-16(14)17/h1-2,4,6,13,15,18H,3,5,7-12H2. The first-order valence-corrected chi connectivity index (χ1v) is 7.34. The molecule has 1 heterocycles. The van der Waals surface area contributed by atoms with Gasteiger partial charge in [0.15, 0.2) is 0 Å². The van der Waals surface area contributed by atoms with Crippen molar-refractivity contribution in [3.05, 3.63) is 29.8 Å². The van der Waals surface area contributed by atoms with Crippen molar-refractivity contribution < 1.29 is 5.11 Å². The van der Waals surface area contributed by atoms with E-state index in [1.165, 1.54) is 50.0 Å². The van der Waals surface area contributed by atoms with Crippen LogP contribution in [0.4, 0.5) is 5.69 Å². The van der Waals surface area contributed by atoms with E-state index >= 15 is 0 Å². The fourth-order valence-electron chi connectivity index (χ4n) is 3.44. The summed E-state index contributed by atoms with van der Waals surface area (Å²) in [6.45, 7) is 2.39. The third-order valence-corrected chi connectivity index (χ3v) is 4.50. The van der Waals surface area contributed by atoms with Gasteiger partial charge in [0.05, 0.1) is 6.10 Å². The SMILES string of the molecule is OC1CCC(CN2CCCc3ccccc32)CC1. The molecule has 0 amide bonds. The first-order chi connectivity index (χ1) is 8.83. The summed E-state index contributed by atoms with van der Waals surface area (Å²) in [5, 5.41) is 9.58. The number of benzene rings is 1. The summed E-state index contributed by atoms with van der Waals surface area (Å²) in [5.74, 6) is 0.777. The molecule has 1 aromatic rings. The predicted octanol–water partition coefficient (Wildman–Crippen LogP) is 2.99. The van der Waals surface area contributed by atoms with Crippen LogP contribution in [0, 0.1) is 5.92 Å². The second-order valence-corrected chi connectivity index (χ2v) is 5.85. The fourth-order valence-corrected chi connectivity index (χ4v) is 3.44. The first kappa shape index (κ1) is 12.0. The number of para-hydroxylation sites is 1. The number of fused-ring (bicyclic) bond motifs is 1. The van der Waals surface area contributed by atoms with Gasteiger partial charge in [-0.15, -0.1) is 0 Å². The molecule has 1 aliphatic carbocycles. The molecule has 2 nitrogen and oxygen atoms in total. The fraction of sp³-hybridized carbons (Fsp3) is 0.625. The Bertz CT molecular complexity index is 396. The van der Waals surface area contributed by atoms with E-state index < -0.39 is 0 Å². The summed E-state index contributed by atoms with van der Waals surface area (Å²) in [6.07, 6.45) is 6.87. The van der Waals surface area contributed by atoms with Gasteiger partial charge in [0.2, 0.25) is 0 Å². The molecule has 2 heteroatoms. The van der Waals surface area contributed by atoms with E-state index in [4.69, 9.17) is 0 Å². The summed E-state index contributed by atoms with van der Waals surface area (Å²) in [4.78, 5) is 2.57. The van der Waals surface area contributed by atoms with Crippen molar-refractivity contribution in [1.29, 1.82) is 0 Å². The maximum Gasteiger partial charge on any atom is 0.0540 e. The summed E-state index contributed by atoms with van der Waals surface area (Å²) < 4.78 is 0. The first-order valence-electron chi connectivity index (χ1n) is 7.34. The van der Waals surface area contributed by atoms with Gasteiger partial charge in [0, 0.05) is 18.8 Å². The quantitative estimate of drug-likeness (QED) is 0.866. The maximum atomic E-state index is 9.58. The molecule has 1 aromatic carbocycles. The van der Waals surface area contributed by atoms with Crippen LogP contribution in [0.3, 0.4) is 0 Å². The van der Waals surface area contributed by atoms with Crippen LogP contribution in [0.1, 0.15) is 37.7 Å². The van der Waals surface area contributed by atoms with Crippen LogP contribution < -0.4 is 4.90 Å². The minimum atomic E-state index is -0.0325. The van der Waals surface area contributed by atoms with Crippen LogP contribution in [-0.4, -0.2) is 24.3 Å². The highest BCUT2D eigenvalue weighted by Crippen LogP contribution is 2.31. The lowest BCUT2D eigenvalue weighted by Gasteiger charge is -2.36. The van der Waals surface area contributed by atoms with Crippen molar-refractivity contribution in [1.82, 2.24) is 0 Å². The molecule has 0 spiro atoms. The molecule has 1 aliphatic heterocycles. The molecule has 0 saturated heterocycles. The highest BCUT2D eigenvalue weighted by molar-refractivity contribution is 5.55. The molecular weight excluding hydrogens is 222 g/mol. The van der Waals surface area contributed by atoms with Gasteiger partial charge in [-0.25, -0.2) is 0 Å². The normalized spacial score (nSPS) is 27.9. The number of rotatable bonds is 2. The summed E-state index contributed by atoms with van der Waals surface area (Å²) in [5.41, 5.74) is 2.97. The Labute approximate surface area is 110 Å². The Balaban J connectivity index is 1.67.